The van der Waals surface area contributed by atoms with Gasteiger partial charge in [0.25, 0.3) is 0 Å². The Labute approximate surface area is 114 Å². The summed E-state index contributed by atoms with van der Waals surface area (Å²) in [4.78, 5) is 12.0. The predicted molar refractivity (Wildman–Crippen MR) is 74.6 cm³/mol. The second kappa shape index (κ2) is 5.65. The zero-order chi connectivity index (χ0) is 12.3. The topological polar surface area (TPSA) is 17.1 Å². The molecular formula is C14H12BrClO. The van der Waals surface area contributed by atoms with Crippen molar-refractivity contribution >= 4 is 33.3 Å². The Bertz CT molecular complexity index is 503. The minimum Gasteiger partial charge on any atom is -0.294 e. The molecule has 0 bridgehead atoms. The van der Waals surface area contributed by atoms with E-state index in [1.807, 2.05) is 6.08 Å². The summed E-state index contributed by atoms with van der Waals surface area (Å²) in [6, 6.07) is 5.31. The summed E-state index contributed by atoms with van der Waals surface area (Å²) in [5.74, 6) is 0.109. The van der Waals surface area contributed by atoms with Crippen LogP contribution in [0.4, 0.5) is 0 Å². The van der Waals surface area contributed by atoms with Crippen molar-refractivity contribution in [2.75, 3.05) is 0 Å². The molecule has 0 heterocycles. The minimum atomic E-state index is 0.109. The first-order valence-electron chi connectivity index (χ1n) is 5.50. The number of benzene rings is 1. The molecule has 0 aromatic heterocycles. The monoisotopic (exact) mass is 310 g/mol. The summed E-state index contributed by atoms with van der Waals surface area (Å²) in [6.45, 7) is 0. The number of carbonyl (C=O) groups is 1. The van der Waals surface area contributed by atoms with Crippen LogP contribution in [0.25, 0.3) is 0 Å². The number of ketones is 1. The molecule has 1 aliphatic rings. The first-order chi connectivity index (χ1) is 8.16. The Kier molecular flexibility index (Phi) is 4.19. The summed E-state index contributed by atoms with van der Waals surface area (Å²) < 4.78 is 0.812. The van der Waals surface area contributed by atoms with Crippen molar-refractivity contribution in [3.8, 4) is 0 Å². The van der Waals surface area contributed by atoms with Gasteiger partial charge in [0.2, 0.25) is 0 Å². The summed E-state index contributed by atoms with van der Waals surface area (Å²) >= 11 is 9.28. The van der Waals surface area contributed by atoms with Gasteiger partial charge in [-0.2, -0.15) is 0 Å². The highest BCUT2D eigenvalue weighted by Gasteiger charge is 2.10. The van der Waals surface area contributed by atoms with Crippen molar-refractivity contribution in [2.45, 2.75) is 19.3 Å². The van der Waals surface area contributed by atoms with Crippen molar-refractivity contribution in [1.29, 1.82) is 0 Å². The number of hydrogen-bond acceptors (Lipinski definition) is 1. The fraction of sp³-hybridized carbons (Fsp3) is 0.214. The maximum atomic E-state index is 12.0. The van der Waals surface area contributed by atoms with Crippen LogP contribution in [0.2, 0.25) is 5.02 Å². The SMILES string of the molecule is O=C(CC1=CCCC=C1)c1ccc(Br)c(Cl)c1. The fourth-order valence-corrected chi connectivity index (χ4v) is 2.18. The van der Waals surface area contributed by atoms with Gasteiger partial charge in [-0.1, -0.05) is 35.9 Å². The van der Waals surface area contributed by atoms with Crippen LogP contribution in [0.3, 0.4) is 0 Å². The molecule has 0 N–H and O–H groups in total. The average Bonchev–Trinajstić information content (AvgIpc) is 2.34. The number of carbonyl (C=O) groups excluding carboxylic acids is 1. The third kappa shape index (κ3) is 3.30. The highest BCUT2D eigenvalue weighted by atomic mass is 79.9. The molecule has 1 aromatic rings. The second-order valence-electron chi connectivity index (χ2n) is 3.99. The van der Waals surface area contributed by atoms with Crippen LogP contribution in [-0.2, 0) is 0 Å². The van der Waals surface area contributed by atoms with E-state index < -0.39 is 0 Å². The largest absolute Gasteiger partial charge is 0.294 e. The molecule has 0 saturated carbocycles. The lowest BCUT2D eigenvalue weighted by molar-refractivity contribution is 0.0993. The standard InChI is InChI=1S/C14H12BrClO/c15-12-7-6-11(9-13(12)16)14(17)8-10-4-2-1-3-5-10/h2,4-7,9H,1,3,8H2. The molecule has 0 saturated heterocycles. The van der Waals surface area contributed by atoms with E-state index in [9.17, 15) is 4.79 Å². The summed E-state index contributed by atoms with van der Waals surface area (Å²) in [6.07, 6.45) is 8.81. The number of rotatable bonds is 3. The quantitative estimate of drug-likeness (QED) is 0.722. The van der Waals surface area contributed by atoms with Gasteiger partial charge in [-0.05, 0) is 46.5 Å². The second-order valence-corrected chi connectivity index (χ2v) is 5.25. The van der Waals surface area contributed by atoms with Crippen LogP contribution in [-0.4, -0.2) is 5.78 Å². The molecule has 0 amide bonds. The van der Waals surface area contributed by atoms with Gasteiger partial charge in [-0.15, -0.1) is 0 Å². The normalized spacial score (nSPS) is 14.6. The molecule has 0 radical (unpaired) electrons. The third-order valence-corrected chi connectivity index (χ3v) is 3.91. The van der Waals surface area contributed by atoms with Crippen molar-refractivity contribution in [3.05, 3.63) is 57.1 Å². The van der Waals surface area contributed by atoms with Gasteiger partial charge in [0, 0.05) is 16.5 Å². The van der Waals surface area contributed by atoms with Gasteiger partial charge in [0.15, 0.2) is 5.78 Å². The molecule has 0 aliphatic heterocycles. The molecule has 2 rings (SSSR count). The lowest BCUT2D eigenvalue weighted by atomic mass is 9.99. The van der Waals surface area contributed by atoms with Crippen LogP contribution in [0.15, 0.2) is 46.5 Å². The molecule has 0 spiro atoms. The van der Waals surface area contributed by atoms with E-state index in [2.05, 4.69) is 28.1 Å². The molecule has 3 heteroatoms. The van der Waals surface area contributed by atoms with Gasteiger partial charge < -0.3 is 0 Å². The summed E-state index contributed by atoms with van der Waals surface area (Å²) in [5.41, 5.74) is 1.76. The molecule has 17 heavy (non-hydrogen) atoms. The molecule has 1 aliphatic carbocycles. The highest BCUT2D eigenvalue weighted by molar-refractivity contribution is 9.10. The van der Waals surface area contributed by atoms with Crippen LogP contribution in [0.5, 0.6) is 0 Å². The maximum Gasteiger partial charge on any atom is 0.167 e. The molecule has 88 valence electrons. The molecule has 0 atom stereocenters. The van der Waals surface area contributed by atoms with E-state index in [0.29, 0.717) is 17.0 Å². The van der Waals surface area contributed by atoms with E-state index in [-0.39, 0.29) is 5.78 Å². The van der Waals surface area contributed by atoms with Crippen LogP contribution in [0.1, 0.15) is 29.6 Å². The summed E-state index contributed by atoms with van der Waals surface area (Å²) in [7, 11) is 0. The average molecular weight is 312 g/mol. The van der Waals surface area contributed by atoms with Gasteiger partial charge in [0.1, 0.15) is 0 Å². The van der Waals surface area contributed by atoms with Crippen LogP contribution in [0, 0.1) is 0 Å². The lowest BCUT2D eigenvalue weighted by Gasteiger charge is -2.07. The zero-order valence-electron chi connectivity index (χ0n) is 9.25. The van der Waals surface area contributed by atoms with Crippen molar-refractivity contribution in [3.63, 3.8) is 0 Å². The minimum absolute atomic E-state index is 0.109. The molecule has 0 fully saturated rings. The molecule has 0 unspecified atom stereocenters. The Balaban J connectivity index is 2.12. The van der Waals surface area contributed by atoms with E-state index in [0.717, 1.165) is 22.9 Å². The summed E-state index contributed by atoms with van der Waals surface area (Å²) in [5, 5.41) is 0.573. The number of halogens is 2. The van der Waals surface area contributed by atoms with Gasteiger partial charge >= 0.3 is 0 Å². The number of allylic oxidation sites excluding steroid dienone is 4. The lowest BCUT2D eigenvalue weighted by Crippen LogP contribution is -2.01. The van der Waals surface area contributed by atoms with E-state index in [1.165, 1.54) is 0 Å². The van der Waals surface area contributed by atoms with E-state index >= 15 is 0 Å². The van der Waals surface area contributed by atoms with Crippen molar-refractivity contribution in [1.82, 2.24) is 0 Å². The Hall–Kier alpha value is -0.860. The van der Waals surface area contributed by atoms with Crippen LogP contribution < -0.4 is 0 Å². The van der Waals surface area contributed by atoms with Crippen LogP contribution >= 0.6 is 27.5 Å². The molecule has 1 aromatic carbocycles. The Morgan fingerprint density at radius 2 is 2.18 bits per heavy atom. The van der Waals surface area contributed by atoms with Gasteiger partial charge in [-0.25, -0.2) is 0 Å². The smallest absolute Gasteiger partial charge is 0.167 e. The fourth-order valence-electron chi connectivity index (χ4n) is 1.76. The Morgan fingerprint density at radius 3 is 2.82 bits per heavy atom. The number of hydrogen-bond donors (Lipinski definition) is 0. The number of Topliss-reactive ketones (excluding diaryl/α,β-unsaturated/α-hetero) is 1. The predicted octanol–water partition coefficient (Wildman–Crippen LogP) is 4.95. The van der Waals surface area contributed by atoms with Gasteiger partial charge in [0.05, 0.1) is 5.02 Å². The maximum absolute atomic E-state index is 12.0. The van der Waals surface area contributed by atoms with Crippen molar-refractivity contribution < 1.29 is 4.79 Å². The van der Waals surface area contributed by atoms with E-state index in [4.69, 9.17) is 11.6 Å². The molecule has 1 nitrogen and oxygen atoms in total. The first-order valence-corrected chi connectivity index (χ1v) is 6.68. The first kappa shape index (κ1) is 12.6. The molecular weight excluding hydrogens is 300 g/mol. The third-order valence-electron chi connectivity index (χ3n) is 2.68. The van der Waals surface area contributed by atoms with Gasteiger partial charge in [-0.3, -0.25) is 4.79 Å². The van der Waals surface area contributed by atoms with Crippen molar-refractivity contribution in [2.24, 2.45) is 0 Å². The zero-order valence-corrected chi connectivity index (χ0v) is 11.6. The Morgan fingerprint density at radius 1 is 1.35 bits per heavy atom. The highest BCUT2D eigenvalue weighted by Crippen LogP contribution is 2.24. The van der Waals surface area contributed by atoms with E-state index in [1.54, 1.807) is 18.2 Å².